The van der Waals surface area contributed by atoms with Crippen molar-refractivity contribution in [1.29, 1.82) is 0 Å². The zero-order valence-corrected chi connectivity index (χ0v) is 13.6. The summed E-state index contributed by atoms with van der Waals surface area (Å²) in [6.07, 6.45) is 1.42. The van der Waals surface area contributed by atoms with Gasteiger partial charge in [-0.1, -0.05) is 24.3 Å². The van der Waals surface area contributed by atoms with E-state index < -0.39 is 0 Å². The Balaban J connectivity index is 1.54. The zero-order valence-electron chi connectivity index (χ0n) is 12.8. The van der Waals surface area contributed by atoms with E-state index in [9.17, 15) is 9.90 Å². The van der Waals surface area contributed by atoms with Crippen LogP contribution >= 0.6 is 11.8 Å². The number of aromatic amines is 1. The van der Waals surface area contributed by atoms with E-state index in [4.69, 9.17) is 0 Å². The molecule has 24 heavy (non-hydrogen) atoms. The smallest absolute Gasteiger partial charge is 0.250 e. The number of nitrogens with zero attached hydrogens (tertiary/aromatic N) is 1. The van der Waals surface area contributed by atoms with Crippen molar-refractivity contribution in [3.63, 3.8) is 0 Å². The lowest BCUT2D eigenvalue weighted by Crippen LogP contribution is -2.20. The van der Waals surface area contributed by atoms with Gasteiger partial charge in [-0.05, 0) is 36.0 Å². The van der Waals surface area contributed by atoms with Crippen molar-refractivity contribution in [2.45, 2.75) is 5.03 Å². The molecule has 0 atom stereocenters. The molecule has 0 saturated carbocycles. The van der Waals surface area contributed by atoms with Crippen molar-refractivity contribution >= 4 is 34.8 Å². The first-order chi connectivity index (χ1) is 11.7. The topological polar surface area (TPSA) is 75.8 Å². The van der Waals surface area contributed by atoms with E-state index in [1.165, 1.54) is 18.0 Å². The SMILES string of the molecule is O=C(CSc1ccc2ccccc2[nH+]1)NN=Cc1ccccc1O. The molecule has 0 fully saturated rings. The molecular formula is C18H16N3O2S+. The Bertz CT molecular complexity index is 896. The van der Waals surface area contributed by atoms with E-state index in [0.29, 0.717) is 5.56 Å². The zero-order chi connectivity index (χ0) is 16.8. The lowest BCUT2D eigenvalue weighted by molar-refractivity contribution is -0.395. The number of pyridine rings is 1. The maximum Gasteiger partial charge on any atom is 0.250 e. The molecule has 5 nitrogen and oxygen atoms in total. The van der Waals surface area contributed by atoms with Crippen molar-refractivity contribution in [3.05, 3.63) is 66.2 Å². The second-order valence-corrected chi connectivity index (χ2v) is 6.07. The average Bonchev–Trinajstić information content (AvgIpc) is 2.61. The highest BCUT2D eigenvalue weighted by Gasteiger charge is 2.08. The summed E-state index contributed by atoms with van der Waals surface area (Å²) in [5, 5.41) is 15.5. The van der Waals surface area contributed by atoms with Crippen molar-refractivity contribution in [2.75, 3.05) is 5.75 Å². The van der Waals surface area contributed by atoms with E-state index in [1.54, 1.807) is 24.3 Å². The van der Waals surface area contributed by atoms with Crippen molar-refractivity contribution in [1.82, 2.24) is 5.43 Å². The van der Waals surface area contributed by atoms with Gasteiger partial charge in [0.05, 0.1) is 12.0 Å². The highest BCUT2D eigenvalue weighted by atomic mass is 32.2. The monoisotopic (exact) mass is 338 g/mol. The second kappa shape index (κ2) is 7.61. The molecule has 0 radical (unpaired) electrons. The van der Waals surface area contributed by atoms with Gasteiger partial charge in [0, 0.05) is 23.1 Å². The third kappa shape index (κ3) is 4.11. The molecule has 2 aromatic carbocycles. The van der Waals surface area contributed by atoms with Gasteiger partial charge in [-0.2, -0.15) is 10.1 Å². The number of carbonyl (C=O) groups excluding carboxylic acids is 1. The van der Waals surface area contributed by atoms with Gasteiger partial charge in [0.2, 0.25) is 10.5 Å². The van der Waals surface area contributed by atoms with E-state index in [2.05, 4.69) is 15.5 Å². The molecule has 0 bridgehead atoms. The number of hydrogen-bond acceptors (Lipinski definition) is 4. The largest absolute Gasteiger partial charge is 0.507 e. The van der Waals surface area contributed by atoms with Crippen LogP contribution in [0, 0.1) is 0 Å². The normalized spacial score (nSPS) is 11.0. The lowest BCUT2D eigenvalue weighted by Gasteiger charge is -1.99. The van der Waals surface area contributed by atoms with E-state index in [0.717, 1.165) is 15.9 Å². The van der Waals surface area contributed by atoms with Crippen LogP contribution in [0.2, 0.25) is 0 Å². The Kier molecular flexibility index (Phi) is 5.08. The van der Waals surface area contributed by atoms with Gasteiger partial charge in [-0.25, -0.2) is 5.43 Å². The number of H-pyrrole nitrogens is 1. The van der Waals surface area contributed by atoms with Gasteiger partial charge in [-0.3, -0.25) is 4.79 Å². The minimum absolute atomic E-state index is 0.121. The molecule has 1 aromatic heterocycles. The third-order valence-corrected chi connectivity index (χ3v) is 4.28. The number of thioether (sulfide) groups is 1. The molecule has 0 saturated heterocycles. The molecule has 1 heterocycles. The van der Waals surface area contributed by atoms with Gasteiger partial charge in [-0.15, -0.1) is 0 Å². The van der Waals surface area contributed by atoms with E-state index in [-0.39, 0.29) is 17.4 Å². The summed E-state index contributed by atoms with van der Waals surface area (Å²) in [7, 11) is 0. The summed E-state index contributed by atoms with van der Waals surface area (Å²) in [6, 6.07) is 18.7. The number of amides is 1. The second-order valence-electron chi connectivity index (χ2n) is 5.05. The number of phenols is 1. The van der Waals surface area contributed by atoms with Crippen LogP contribution in [0.15, 0.2) is 70.8 Å². The van der Waals surface area contributed by atoms with Crippen LogP contribution < -0.4 is 10.4 Å². The first kappa shape index (κ1) is 16.0. The number of carbonyl (C=O) groups is 1. The van der Waals surface area contributed by atoms with Gasteiger partial charge < -0.3 is 5.11 Å². The quantitative estimate of drug-likeness (QED) is 0.426. The van der Waals surface area contributed by atoms with Gasteiger partial charge >= 0.3 is 0 Å². The highest BCUT2D eigenvalue weighted by Crippen LogP contribution is 2.16. The molecule has 6 heteroatoms. The number of hydrazone groups is 1. The van der Waals surface area contributed by atoms with Crippen LogP contribution in [0.5, 0.6) is 5.75 Å². The standard InChI is InChI=1S/C18H15N3O2S/c22-16-8-4-2-6-14(16)11-19-21-17(23)12-24-18-10-9-13-5-1-3-7-15(13)20-18/h1-11,22H,12H2,(H,21,23)/p+1. The van der Waals surface area contributed by atoms with E-state index >= 15 is 0 Å². The molecule has 0 unspecified atom stereocenters. The fourth-order valence-electron chi connectivity index (χ4n) is 2.13. The fourth-order valence-corrected chi connectivity index (χ4v) is 2.82. The van der Waals surface area contributed by atoms with E-state index in [1.807, 2.05) is 36.4 Å². The Labute approximate surface area is 143 Å². The number of para-hydroxylation sites is 2. The van der Waals surface area contributed by atoms with Crippen molar-refractivity contribution in [3.8, 4) is 5.75 Å². The molecule has 3 N–H and O–H groups in total. The predicted octanol–water partition coefficient (Wildman–Crippen LogP) is 2.60. The Morgan fingerprint density at radius 1 is 1.12 bits per heavy atom. The summed E-state index contributed by atoms with van der Waals surface area (Å²) in [5.41, 5.74) is 4.03. The number of rotatable bonds is 5. The number of aromatic hydroxyl groups is 1. The Hall–Kier alpha value is -2.86. The maximum absolute atomic E-state index is 11.8. The van der Waals surface area contributed by atoms with Crippen LogP contribution in [0.25, 0.3) is 10.9 Å². The molecule has 0 aliphatic carbocycles. The summed E-state index contributed by atoms with van der Waals surface area (Å²) >= 11 is 1.40. The first-order valence-corrected chi connectivity index (χ1v) is 8.35. The number of nitrogens with one attached hydrogen (secondary N) is 2. The summed E-state index contributed by atoms with van der Waals surface area (Å²) in [4.78, 5) is 15.1. The molecular weight excluding hydrogens is 322 g/mol. The van der Waals surface area contributed by atoms with Gasteiger partial charge in [0.25, 0.3) is 5.91 Å². The average molecular weight is 338 g/mol. The number of hydrogen-bond donors (Lipinski definition) is 2. The number of phenolic OH excluding ortho intramolecular Hbond substituents is 1. The number of aromatic nitrogens is 1. The number of benzene rings is 2. The Morgan fingerprint density at radius 2 is 1.92 bits per heavy atom. The molecule has 0 aliphatic heterocycles. The summed E-state index contributed by atoms with van der Waals surface area (Å²) < 4.78 is 0. The fraction of sp³-hybridized carbons (Fsp3) is 0.0556. The van der Waals surface area contributed by atoms with Crippen molar-refractivity contribution in [2.24, 2.45) is 5.10 Å². The first-order valence-electron chi connectivity index (χ1n) is 7.36. The third-order valence-electron chi connectivity index (χ3n) is 3.32. The molecule has 3 aromatic rings. The van der Waals surface area contributed by atoms with Crippen LogP contribution in [-0.2, 0) is 4.79 Å². The van der Waals surface area contributed by atoms with Crippen LogP contribution in [-0.4, -0.2) is 23.0 Å². The summed E-state index contributed by atoms with van der Waals surface area (Å²) in [5.74, 6) is 0.149. The van der Waals surface area contributed by atoms with Gasteiger partial charge in [0.15, 0.2) is 0 Å². The number of fused-ring (bicyclic) bond motifs is 1. The minimum Gasteiger partial charge on any atom is -0.507 e. The van der Waals surface area contributed by atoms with Crippen LogP contribution in [0.1, 0.15) is 5.56 Å². The van der Waals surface area contributed by atoms with Crippen LogP contribution in [0.3, 0.4) is 0 Å². The Morgan fingerprint density at radius 3 is 2.79 bits per heavy atom. The minimum atomic E-state index is -0.215. The predicted molar refractivity (Wildman–Crippen MR) is 95.1 cm³/mol. The lowest BCUT2D eigenvalue weighted by atomic mass is 10.2. The molecule has 0 aliphatic rings. The molecule has 1 amide bonds. The maximum atomic E-state index is 11.8. The molecule has 0 spiro atoms. The van der Waals surface area contributed by atoms with Crippen LogP contribution in [0.4, 0.5) is 0 Å². The molecule has 120 valence electrons. The van der Waals surface area contributed by atoms with Gasteiger partial charge in [0.1, 0.15) is 5.75 Å². The highest BCUT2D eigenvalue weighted by molar-refractivity contribution is 7.99. The van der Waals surface area contributed by atoms with Crippen molar-refractivity contribution < 1.29 is 14.9 Å². The molecule has 3 rings (SSSR count). The summed E-state index contributed by atoms with van der Waals surface area (Å²) in [6.45, 7) is 0.